The number of morpholine rings is 1. The van der Waals surface area contributed by atoms with Gasteiger partial charge >= 0.3 is 0 Å². The Kier molecular flexibility index (Phi) is 10.0. The molecule has 0 aliphatic carbocycles. The molecule has 10 nitrogen and oxygen atoms in total. The van der Waals surface area contributed by atoms with E-state index in [-0.39, 0.29) is 18.9 Å². The van der Waals surface area contributed by atoms with Crippen LogP contribution >= 0.6 is 0 Å². The first kappa shape index (κ1) is 28.1. The Hall–Kier alpha value is -1.93. The zero-order valence-corrected chi connectivity index (χ0v) is 21.6. The predicted molar refractivity (Wildman–Crippen MR) is 138 cm³/mol. The first-order valence-electron chi connectivity index (χ1n) is 12.5. The van der Waals surface area contributed by atoms with Gasteiger partial charge in [-0.15, -0.1) is 0 Å². The van der Waals surface area contributed by atoms with Crippen LogP contribution in [-0.2, 0) is 41.2 Å². The fourth-order valence-corrected chi connectivity index (χ4v) is 5.39. The maximum absolute atomic E-state index is 11.3. The van der Waals surface area contributed by atoms with Gasteiger partial charge < -0.3 is 35.0 Å². The topological polar surface area (TPSA) is 149 Å². The van der Waals surface area contributed by atoms with E-state index in [1.165, 1.54) is 0 Å². The van der Waals surface area contributed by atoms with Crippen molar-refractivity contribution in [3.8, 4) is 0 Å². The summed E-state index contributed by atoms with van der Waals surface area (Å²) in [4.78, 5) is 4.07. The van der Waals surface area contributed by atoms with Crippen LogP contribution in [-0.4, -0.2) is 103 Å². The first-order chi connectivity index (χ1) is 17.8. The van der Waals surface area contributed by atoms with E-state index in [1.54, 1.807) is 4.90 Å². The van der Waals surface area contributed by atoms with Gasteiger partial charge in [-0.05, 0) is 34.4 Å². The third-order valence-electron chi connectivity index (χ3n) is 6.97. The molecule has 0 aromatic heterocycles. The highest BCUT2D eigenvalue weighted by Gasteiger charge is 2.40. The lowest BCUT2D eigenvalue weighted by Gasteiger charge is -2.43. The second-order valence-corrected chi connectivity index (χ2v) is 10.7. The van der Waals surface area contributed by atoms with Crippen LogP contribution in [0.4, 0.5) is 5.69 Å². The van der Waals surface area contributed by atoms with Crippen LogP contribution in [0.25, 0.3) is 0 Å². The molecule has 37 heavy (non-hydrogen) atoms. The third kappa shape index (κ3) is 7.79. The lowest BCUT2D eigenvalue weighted by molar-refractivity contribution is -0.147. The van der Waals surface area contributed by atoms with E-state index >= 15 is 0 Å². The van der Waals surface area contributed by atoms with Gasteiger partial charge in [-0.3, -0.25) is 14.0 Å². The smallest absolute Gasteiger partial charge is 0.109 e. The lowest BCUT2D eigenvalue weighted by atomic mass is 9.93. The highest BCUT2D eigenvalue weighted by Crippen LogP contribution is 2.22. The van der Waals surface area contributed by atoms with Gasteiger partial charge in [0.05, 0.1) is 32.0 Å². The Bertz CT molecular complexity index is 1040. The normalized spacial score (nSPS) is 26.2. The van der Waals surface area contributed by atoms with Crippen molar-refractivity contribution in [3.05, 3.63) is 64.7 Å². The number of rotatable bonds is 10. The largest absolute Gasteiger partial charge is 0.772 e. The van der Waals surface area contributed by atoms with Crippen molar-refractivity contribution in [1.29, 1.82) is 0 Å². The third-order valence-corrected chi connectivity index (χ3v) is 7.54. The average molecular weight is 535 g/mol. The zero-order valence-electron chi connectivity index (χ0n) is 20.7. The molecule has 0 amide bonds. The van der Waals surface area contributed by atoms with Crippen LogP contribution in [0.2, 0.25) is 0 Å². The lowest BCUT2D eigenvalue weighted by Crippen LogP contribution is -2.62. The molecule has 2 heterocycles. The Morgan fingerprint density at radius 2 is 1.62 bits per heavy atom. The van der Waals surface area contributed by atoms with E-state index in [9.17, 15) is 29.2 Å². The molecule has 4 rings (SSSR count). The summed E-state index contributed by atoms with van der Waals surface area (Å²) in [5.74, 6) is -0.0356. The fraction of sp³-hybridized carbons (Fsp3) is 0.538. The number of aliphatic hydroxyl groups excluding tert-OH is 4. The van der Waals surface area contributed by atoms with Crippen molar-refractivity contribution in [2.75, 3.05) is 44.8 Å². The van der Waals surface area contributed by atoms with E-state index in [4.69, 9.17) is 4.74 Å². The number of nitrogens with one attached hydrogen (secondary N) is 1. The maximum atomic E-state index is 11.3. The minimum Gasteiger partial charge on any atom is -0.772 e. The molecule has 11 heteroatoms. The molecule has 2 saturated heterocycles. The molecule has 2 aliphatic heterocycles. The molecule has 0 bridgehead atoms. The van der Waals surface area contributed by atoms with Gasteiger partial charge in [0.15, 0.2) is 0 Å². The van der Waals surface area contributed by atoms with Gasteiger partial charge in [0.1, 0.15) is 12.2 Å². The summed E-state index contributed by atoms with van der Waals surface area (Å²) in [5.41, 5.74) is 4.63. The molecule has 5 N–H and O–H groups in total. The average Bonchev–Trinajstić information content (AvgIpc) is 2.87. The van der Waals surface area contributed by atoms with Crippen molar-refractivity contribution >= 4 is 16.8 Å². The molecule has 5 atom stereocenters. The number of piperidine rings is 1. The molecule has 2 aliphatic rings. The van der Waals surface area contributed by atoms with Crippen molar-refractivity contribution in [1.82, 2.24) is 9.80 Å². The quantitative estimate of drug-likeness (QED) is 0.259. The highest BCUT2D eigenvalue weighted by atomic mass is 32.2. The number of nitrogens with zero attached hydrogens (tertiary/aromatic N) is 2. The molecular weight excluding hydrogens is 498 g/mol. The standard InChI is InChI=1S/C26H37N3O7S/c30-16-23-25(32)26(33)24(31)15-29(23)14-19-3-1-18(2-4-19)12-27-22-10-20(9-21(11-22)17-37(34)35)13-28-5-7-36-8-6-28/h1-4,9-11,23-27,30-33H,5-8,12-17H2,(H,34,35)/p-1/t23-,24+,25-,26-/m1/s1. The first-order valence-corrected chi connectivity index (χ1v) is 13.8. The van der Waals surface area contributed by atoms with Crippen LogP contribution in [0.1, 0.15) is 22.3 Å². The number of likely N-dealkylation sites (tertiary alicyclic amines) is 1. The van der Waals surface area contributed by atoms with Crippen LogP contribution < -0.4 is 5.32 Å². The van der Waals surface area contributed by atoms with E-state index in [2.05, 4.69) is 16.3 Å². The van der Waals surface area contributed by atoms with E-state index in [1.807, 2.05) is 36.4 Å². The van der Waals surface area contributed by atoms with Gasteiger partial charge in [-0.25, -0.2) is 0 Å². The Morgan fingerprint density at radius 1 is 0.946 bits per heavy atom. The Morgan fingerprint density at radius 3 is 2.30 bits per heavy atom. The van der Waals surface area contributed by atoms with Crippen LogP contribution in [0, 0.1) is 0 Å². The van der Waals surface area contributed by atoms with E-state index < -0.39 is 35.4 Å². The van der Waals surface area contributed by atoms with Gasteiger partial charge in [0.25, 0.3) is 0 Å². The second kappa shape index (κ2) is 13.2. The van der Waals surface area contributed by atoms with E-state index in [0.717, 1.165) is 47.6 Å². The van der Waals surface area contributed by atoms with Crippen LogP contribution in [0.5, 0.6) is 0 Å². The number of anilines is 1. The number of β-amino-alcohol motifs (C(OH)–C–C–N with tert-alkyl or cyclic N) is 1. The minimum absolute atomic E-state index is 0.0356. The highest BCUT2D eigenvalue weighted by molar-refractivity contribution is 7.78. The van der Waals surface area contributed by atoms with Crippen molar-refractivity contribution < 1.29 is 33.9 Å². The molecule has 2 aromatic rings. The number of benzene rings is 2. The minimum atomic E-state index is -2.17. The van der Waals surface area contributed by atoms with Gasteiger partial charge in [-0.2, -0.15) is 0 Å². The van der Waals surface area contributed by atoms with E-state index in [0.29, 0.717) is 26.3 Å². The Labute approximate surface area is 219 Å². The summed E-state index contributed by atoms with van der Waals surface area (Å²) >= 11 is -2.17. The summed E-state index contributed by atoms with van der Waals surface area (Å²) in [6, 6.07) is 13.1. The predicted octanol–water partition coefficient (Wildman–Crippen LogP) is -0.231. The molecule has 1 unspecified atom stereocenters. The van der Waals surface area contributed by atoms with Crippen LogP contribution in [0.15, 0.2) is 42.5 Å². The van der Waals surface area contributed by atoms with Crippen LogP contribution in [0.3, 0.4) is 0 Å². The molecular formula is C26H36N3O7S-. The summed E-state index contributed by atoms with van der Waals surface area (Å²) in [5, 5.41) is 43.2. The van der Waals surface area contributed by atoms with Gasteiger partial charge in [0, 0.05) is 50.7 Å². The van der Waals surface area contributed by atoms with Gasteiger partial charge in [0.2, 0.25) is 0 Å². The molecule has 0 radical (unpaired) electrons. The number of ether oxygens (including phenoxy) is 1. The molecule has 2 aromatic carbocycles. The van der Waals surface area contributed by atoms with Crippen molar-refractivity contribution in [2.24, 2.45) is 0 Å². The summed E-state index contributed by atoms with van der Waals surface area (Å²) in [6.45, 7) is 4.64. The Balaban J connectivity index is 1.38. The molecule has 2 fully saturated rings. The van der Waals surface area contributed by atoms with Gasteiger partial charge in [-0.1, -0.05) is 41.4 Å². The number of hydrogen-bond acceptors (Lipinski definition) is 10. The molecule has 0 spiro atoms. The second-order valence-electron chi connectivity index (χ2n) is 9.77. The summed E-state index contributed by atoms with van der Waals surface area (Å²) in [6.07, 6.45) is -3.58. The summed E-state index contributed by atoms with van der Waals surface area (Å²) < 4.78 is 28.1. The molecule has 0 saturated carbocycles. The van der Waals surface area contributed by atoms with Crippen molar-refractivity contribution in [3.63, 3.8) is 0 Å². The maximum Gasteiger partial charge on any atom is 0.109 e. The zero-order chi connectivity index (χ0) is 26.4. The number of hydrogen-bond donors (Lipinski definition) is 5. The van der Waals surface area contributed by atoms with Crippen molar-refractivity contribution in [2.45, 2.75) is 49.7 Å². The monoisotopic (exact) mass is 534 g/mol. The SMILES string of the molecule is O=S([O-])Cc1cc(CN2CCOCC2)cc(NCc2ccc(CN3C[C@H](O)[C@@H](O)[C@H](O)[C@H]3CO)cc2)c1. The number of aliphatic hydroxyl groups is 4. The fourth-order valence-electron chi connectivity index (χ4n) is 4.95. The summed E-state index contributed by atoms with van der Waals surface area (Å²) in [7, 11) is 0. The molecule has 204 valence electrons.